The Hall–Kier alpha value is -1.31. The fraction of sp³-hybridized carbons (Fsp3) is 0.533. The van der Waals surface area contributed by atoms with Gasteiger partial charge in [0.05, 0.1) is 0 Å². The topological polar surface area (TPSA) is 29.1 Å². The number of amides is 1. The molecule has 0 saturated carbocycles. The van der Waals surface area contributed by atoms with E-state index >= 15 is 0 Å². The first-order valence-electron chi connectivity index (χ1n) is 6.36. The Bertz CT molecular complexity index is 407. The summed E-state index contributed by atoms with van der Waals surface area (Å²) < 4.78 is 0. The highest BCUT2D eigenvalue weighted by atomic mass is 16.1. The lowest BCUT2D eigenvalue weighted by Crippen LogP contribution is -2.24. The molecule has 1 aliphatic heterocycles. The summed E-state index contributed by atoms with van der Waals surface area (Å²) in [7, 11) is 0. The maximum atomic E-state index is 11.3. The van der Waals surface area contributed by atoms with E-state index in [1.54, 1.807) is 0 Å². The quantitative estimate of drug-likeness (QED) is 0.851. The van der Waals surface area contributed by atoms with Crippen LogP contribution in [0.4, 0.5) is 0 Å². The van der Waals surface area contributed by atoms with E-state index in [9.17, 15) is 4.79 Å². The second kappa shape index (κ2) is 4.52. The third-order valence-corrected chi connectivity index (χ3v) is 3.52. The molecule has 1 aromatic rings. The predicted octanol–water partition coefficient (Wildman–Crippen LogP) is 2.66. The molecule has 2 heteroatoms. The zero-order valence-electron chi connectivity index (χ0n) is 10.9. The van der Waals surface area contributed by atoms with Crippen molar-refractivity contribution in [2.75, 3.05) is 6.54 Å². The van der Waals surface area contributed by atoms with E-state index in [2.05, 4.69) is 50.4 Å². The van der Waals surface area contributed by atoms with E-state index in [0.717, 1.165) is 13.0 Å². The van der Waals surface area contributed by atoms with Gasteiger partial charge in [0.2, 0.25) is 5.91 Å². The SMILES string of the molecule is CC(C)Cc1ccc(C2(C)CNC(=O)C2)cc1. The smallest absolute Gasteiger partial charge is 0.220 e. The number of carbonyl (C=O) groups is 1. The minimum Gasteiger partial charge on any atom is -0.355 e. The van der Waals surface area contributed by atoms with Gasteiger partial charge >= 0.3 is 0 Å². The summed E-state index contributed by atoms with van der Waals surface area (Å²) in [6, 6.07) is 8.75. The van der Waals surface area contributed by atoms with Crippen molar-refractivity contribution in [2.24, 2.45) is 5.92 Å². The van der Waals surface area contributed by atoms with Crippen molar-refractivity contribution >= 4 is 5.91 Å². The van der Waals surface area contributed by atoms with Crippen molar-refractivity contribution in [3.8, 4) is 0 Å². The normalized spacial score (nSPS) is 24.1. The van der Waals surface area contributed by atoms with Crippen LogP contribution in [0.3, 0.4) is 0 Å². The number of carbonyl (C=O) groups excluding carboxylic acids is 1. The summed E-state index contributed by atoms with van der Waals surface area (Å²) in [4.78, 5) is 11.3. The van der Waals surface area contributed by atoms with Crippen molar-refractivity contribution in [2.45, 2.75) is 39.0 Å². The predicted molar refractivity (Wildman–Crippen MR) is 70.0 cm³/mol. The lowest BCUT2D eigenvalue weighted by Gasteiger charge is -2.22. The zero-order chi connectivity index (χ0) is 12.5. The molecule has 0 aliphatic carbocycles. The molecule has 0 radical (unpaired) electrons. The van der Waals surface area contributed by atoms with Crippen LogP contribution >= 0.6 is 0 Å². The van der Waals surface area contributed by atoms with E-state index in [1.807, 2.05) is 0 Å². The molecule has 1 saturated heterocycles. The van der Waals surface area contributed by atoms with E-state index in [0.29, 0.717) is 12.3 Å². The standard InChI is InChI=1S/C15H21NO/c1-11(2)8-12-4-6-13(7-5-12)15(3)9-14(17)16-10-15/h4-7,11H,8-10H2,1-3H3,(H,16,17). The fourth-order valence-corrected chi connectivity index (χ4v) is 2.49. The molecule has 1 N–H and O–H groups in total. The molecule has 1 unspecified atom stereocenters. The molecule has 0 aromatic heterocycles. The van der Waals surface area contributed by atoms with Gasteiger partial charge in [0.15, 0.2) is 0 Å². The number of benzene rings is 1. The van der Waals surface area contributed by atoms with Gasteiger partial charge in [0.1, 0.15) is 0 Å². The second-order valence-electron chi connectivity index (χ2n) is 5.81. The molecule has 1 heterocycles. The minimum absolute atomic E-state index is 0.0204. The number of hydrogen-bond donors (Lipinski definition) is 1. The van der Waals surface area contributed by atoms with E-state index < -0.39 is 0 Å². The summed E-state index contributed by atoms with van der Waals surface area (Å²) in [6.45, 7) is 7.38. The van der Waals surface area contributed by atoms with Gasteiger partial charge in [-0.1, -0.05) is 45.0 Å². The molecule has 0 spiro atoms. The summed E-state index contributed by atoms with van der Waals surface area (Å²) in [5.74, 6) is 0.852. The Morgan fingerprint density at radius 1 is 1.29 bits per heavy atom. The first-order valence-corrected chi connectivity index (χ1v) is 6.36. The molecule has 1 aromatic carbocycles. The van der Waals surface area contributed by atoms with Crippen LogP contribution in [0.2, 0.25) is 0 Å². The largest absolute Gasteiger partial charge is 0.355 e. The Balaban J connectivity index is 2.15. The molecule has 0 bridgehead atoms. The molecule has 2 rings (SSSR count). The van der Waals surface area contributed by atoms with Gasteiger partial charge in [-0.2, -0.15) is 0 Å². The fourth-order valence-electron chi connectivity index (χ4n) is 2.49. The Labute approximate surface area is 103 Å². The van der Waals surface area contributed by atoms with Crippen LogP contribution in [0.5, 0.6) is 0 Å². The van der Waals surface area contributed by atoms with Crippen LogP contribution < -0.4 is 5.32 Å². The molecule has 1 amide bonds. The maximum absolute atomic E-state index is 11.3. The van der Waals surface area contributed by atoms with E-state index in [-0.39, 0.29) is 11.3 Å². The first kappa shape index (κ1) is 12.2. The van der Waals surface area contributed by atoms with Gasteiger partial charge in [-0.05, 0) is 23.5 Å². The summed E-state index contributed by atoms with van der Waals surface area (Å²) in [5, 5.41) is 2.92. The van der Waals surface area contributed by atoms with E-state index in [4.69, 9.17) is 0 Å². The molecular weight excluding hydrogens is 210 g/mol. The molecule has 1 fully saturated rings. The first-order chi connectivity index (χ1) is 7.99. The summed E-state index contributed by atoms with van der Waals surface area (Å²) in [6.07, 6.45) is 1.73. The maximum Gasteiger partial charge on any atom is 0.220 e. The average Bonchev–Trinajstić information content (AvgIpc) is 2.60. The van der Waals surface area contributed by atoms with Gasteiger partial charge < -0.3 is 5.32 Å². The Kier molecular flexibility index (Phi) is 3.23. The van der Waals surface area contributed by atoms with Crippen molar-refractivity contribution < 1.29 is 4.79 Å². The Morgan fingerprint density at radius 3 is 2.41 bits per heavy atom. The number of nitrogens with one attached hydrogen (secondary N) is 1. The van der Waals surface area contributed by atoms with Crippen LogP contribution in [-0.4, -0.2) is 12.5 Å². The van der Waals surface area contributed by atoms with Gasteiger partial charge in [0, 0.05) is 18.4 Å². The van der Waals surface area contributed by atoms with Crippen LogP contribution in [0.1, 0.15) is 38.3 Å². The lowest BCUT2D eigenvalue weighted by molar-refractivity contribution is -0.119. The number of rotatable bonds is 3. The van der Waals surface area contributed by atoms with Gasteiger partial charge in [-0.15, -0.1) is 0 Å². The van der Waals surface area contributed by atoms with Crippen molar-refractivity contribution in [1.82, 2.24) is 5.32 Å². The molecule has 1 atom stereocenters. The highest BCUT2D eigenvalue weighted by Gasteiger charge is 2.35. The van der Waals surface area contributed by atoms with Gasteiger partial charge in [-0.3, -0.25) is 4.79 Å². The van der Waals surface area contributed by atoms with Crippen molar-refractivity contribution in [3.05, 3.63) is 35.4 Å². The second-order valence-corrected chi connectivity index (χ2v) is 5.81. The van der Waals surface area contributed by atoms with Crippen LogP contribution in [0, 0.1) is 5.92 Å². The molecule has 1 aliphatic rings. The number of hydrogen-bond acceptors (Lipinski definition) is 1. The summed E-state index contributed by atoms with van der Waals surface area (Å²) in [5.41, 5.74) is 2.63. The zero-order valence-corrected chi connectivity index (χ0v) is 10.9. The van der Waals surface area contributed by atoms with Gasteiger partial charge in [0.25, 0.3) is 0 Å². The molecule has 92 valence electrons. The monoisotopic (exact) mass is 231 g/mol. The highest BCUT2D eigenvalue weighted by Crippen LogP contribution is 2.30. The van der Waals surface area contributed by atoms with Gasteiger partial charge in [-0.25, -0.2) is 0 Å². The Morgan fingerprint density at radius 2 is 1.94 bits per heavy atom. The molecule has 17 heavy (non-hydrogen) atoms. The lowest BCUT2D eigenvalue weighted by atomic mass is 9.81. The third kappa shape index (κ3) is 2.68. The molecular formula is C15H21NO. The highest BCUT2D eigenvalue weighted by molar-refractivity contribution is 5.80. The van der Waals surface area contributed by atoms with E-state index in [1.165, 1.54) is 11.1 Å². The summed E-state index contributed by atoms with van der Waals surface area (Å²) >= 11 is 0. The van der Waals surface area contributed by atoms with Crippen LogP contribution in [0.25, 0.3) is 0 Å². The molecule has 2 nitrogen and oxygen atoms in total. The van der Waals surface area contributed by atoms with Crippen LogP contribution in [-0.2, 0) is 16.6 Å². The van der Waals surface area contributed by atoms with Crippen LogP contribution in [0.15, 0.2) is 24.3 Å². The van der Waals surface area contributed by atoms with Crippen molar-refractivity contribution in [1.29, 1.82) is 0 Å². The van der Waals surface area contributed by atoms with Crippen molar-refractivity contribution in [3.63, 3.8) is 0 Å². The minimum atomic E-state index is -0.0204. The average molecular weight is 231 g/mol. The third-order valence-electron chi connectivity index (χ3n) is 3.52.